The number of ketones is 1. The fraction of sp³-hybridized carbons (Fsp3) is 0.714. The average molecular weight is 234 g/mol. The number of hydrogen-bond acceptors (Lipinski definition) is 2. The molecule has 0 bridgehead atoms. The first-order valence-electron chi connectivity index (χ1n) is 6.69. The highest BCUT2D eigenvalue weighted by Crippen LogP contribution is 2.30. The minimum absolute atomic E-state index is 0.221. The van der Waals surface area contributed by atoms with Crippen molar-refractivity contribution in [2.45, 2.75) is 46.0 Å². The Bertz CT molecular complexity index is 408. The summed E-state index contributed by atoms with van der Waals surface area (Å²) in [6, 6.07) is 1.96. The Morgan fingerprint density at radius 2 is 2.29 bits per heavy atom. The number of Topliss-reactive ketones (excluding diaryl/α,β-unsaturated/α-hetero) is 1. The van der Waals surface area contributed by atoms with Gasteiger partial charge in [-0.25, -0.2) is 0 Å². The molecule has 0 aromatic carbocycles. The van der Waals surface area contributed by atoms with E-state index in [4.69, 9.17) is 0 Å². The maximum Gasteiger partial charge on any atom is 0.183 e. The van der Waals surface area contributed by atoms with Crippen molar-refractivity contribution in [2.75, 3.05) is 0 Å². The minimum Gasteiger partial charge on any atom is -0.292 e. The van der Waals surface area contributed by atoms with Gasteiger partial charge in [0.1, 0.15) is 5.69 Å². The van der Waals surface area contributed by atoms with Crippen molar-refractivity contribution < 1.29 is 4.79 Å². The Labute approximate surface area is 103 Å². The normalized spacial score (nSPS) is 24.9. The molecular formula is C14H22N2O. The van der Waals surface area contributed by atoms with E-state index in [1.807, 2.05) is 13.1 Å². The van der Waals surface area contributed by atoms with Crippen LogP contribution in [0.25, 0.3) is 0 Å². The zero-order chi connectivity index (χ0) is 12.4. The maximum atomic E-state index is 12.4. The zero-order valence-electron chi connectivity index (χ0n) is 11.1. The highest BCUT2D eigenvalue weighted by molar-refractivity contribution is 5.96. The highest BCUT2D eigenvalue weighted by Gasteiger charge is 2.27. The van der Waals surface area contributed by atoms with Crippen LogP contribution in [0, 0.1) is 11.8 Å². The predicted molar refractivity (Wildman–Crippen MR) is 68.0 cm³/mol. The molecule has 1 aliphatic carbocycles. The van der Waals surface area contributed by atoms with Crippen molar-refractivity contribution in [2.24, 2.45) is 18.9 Å². The molecule has 1 aromatic rings. The lowest BCUT2D eigenvalue weighted by molar-refractivity contribution is 0.0858. The fourth-order valence-corrected chi connectivity index (χ4v) is 2.81. The average Bonchev–Trinajstić information content (AvgIpc) is 2.69. The first kappa shape index (κ1) is 12.3. The Morgan fingerprint density at radius 3 is 2.88 bits per heavy atom. The molecule has 17 heavy (non-hydrogen) atoms. The Morgan fingerprint density at radius 1 is 1.53 bits per heavy atom. The molecule has 0 aliphatic heterocycles. The number of nitrogens with zero attached hydrogens (tertiary/aromatic N) is 2. The van der Waals surface area contributed by atoms with Gasteiger partial charge in [0.15, 0.2) is 5.78 Å². The summed E-state index contributed by atoms with van der Waals surface area (Å²) in [6.45, 7) is 4.32. The molecule has 3 nitrogen and oxygen atoms in total. The number of rotatable bonds is 3. The number of aryl methyl sites for hydroxylation is 2. The lowest BCUT2D eigenvalue weighted by atomic mass is 9.79. The molecule has 0 N–H and O–H groups in total. The summed E-state index contributed by atoms with van der Waals surface area (Å²) in [5, 5.41) is 4.36. The molecule has 1 saturated carbocycles. The quantitative estimate of drug-likeness (QED) is 0.754. The topological polar surface area (TPSA) is 34.9 Å². The number of carbonyl (C=O) groups excluding carboxylic acids is 1. The third kappa shape index (κ3) is 2.59. The Kier molecular flexibility index (Phi) is 3.65. The summed E-state index contributed by atoms with van der Waals surface area (Å²) in [6.07, 6.45) is 5.45. The van der Waals surface area contributed by atoms with Crippen LogP contribution in [0.5, 0.6) is 0 Å². The molecule has 94 valence electrons. The van der Waals surface area contributed by atoms with Crippen molar-refractivity contribution in [3.05, 3.63) is 17.5 Å². The number of carbonyl (C=O) groups is 1. The molecule has 0 spiro atoms. The Balaban J connectivity index is 2.15. The SMILES string of the molecule is CCc1cc(C(=O)C2CCCC(C)C2)n(C)n1. The van der Waals surface area contributed by atoms with Crippen LogP contribution in [0.2, 0.25) is 0 Å². The van der Waals surface area contributed by atoms with Crippen LogP contribution in [0.4, 0.5) is 0 Å². The molecule has 0 amide bonds. The molecule has 1 fully saturated rings. The van der Waals surface area contributed by atoms with Gasteiger partial charge in [-0.05, 0) is 31.2 Å². The molecule has 1 heterocycles. The summed E-state index contributed by atoms with van der Waals surface area (Å²) in [5.74, 6) is 1.21. The molecule has 2 atom stereocenters. The van der Waals surface area contributed by atoms with Crippen molar-refractivity contribution in [3.8, 4) is 0 Å². The molecule has 3 heteroatoms. The van der Waals surface area contributed by atoms with Crippen LogP contribution in [0.1, 0.15) is 55.7 Å². The molecular weight excluding hydrogens is 212 g/mol. The second kappa shape index (κ2) is 5.03. The van der Waals surface area contributed by atoms with E-state index < -0.39 is 0 Å². The van der Waals surface area contributed by atoms with Crippen LogP contribution in [0.3, 0.4) is 0 Å². The van der Waals surface area contributed by atoms with Crippen LogP contribution in [-0.4, -0.2) is 15.6 Å². The first-order chi connectivity index (χ1) is 8.11. The standard InChI is InChI=1S/C14H22N2O/c1-4-12-9-13(16(3)15-12)14(17)11-7-5-6-10(2)8-11/h9-11H,4-8H2,1-3H3. The smallest absolute Gasteiger partial charge is 0.183 e. The van der Waals surface area contributed by atoms with Gasteiger partial charge < -0.3 is 0 Å². The molecule has 2 rings (SSSR count). The molecule has 2 unspecified atom stereocenters. The van der Waals surface area contributed by atoms with E-state index in [0.717, 1.165) is 30.7 Å². The lowest BCUT2D eigenvalue weighted by Gasteiger charge is -2.25. The van der Waals surface area contributed by atoms with Gasteiger partial charge in [0.25, 0.3) is 0 Å². The van der Waals surface area contributed by atoms with Crippen LogP contribution in [-0.2, 0) is 13.5 Å². The third-order valence-corrected chi connectivity index (χ3v) is 3.85. The van der Waals surface area contributed by atoms with Crippen LogP contribution >= 0.6 is 0 Å². The van der Waals surface area contributed by atoms with E-state index in [-0.39, 0.29) is 5.92 Å². The number of aromatic nitrogens is 2. The molecule has 0 saturated heterocycles. The zero-order valence-corrected chi connectivity index (χ0v) is 11.1. The van der Waals surface area contributed by atoms with Crippen LogP contribution in [0.15, 0.2) is 6.07 Å². The second-order valence-corrected chi connectivity index (χ2v) is 5.33. The predicted octanol–water partition coefficient (Wildman–Crippen LogP) is 2.99. The second-order valence-electron chi connectivity index (χ2n) is 5.33. The molecule has 0 radical (unpaired) electrons. The van der Waals surface area contributed by atoms with Gasteiger partial charge in [-0.15, -0.1) is 0 Å². The highest BCUT2D eigenvalue weighted by atomic mass is 16.1. The Hall–Kier alpha value is -1.12. The van der Waals surface area contributed by atoms with E-state index in [1.165, 1.54) is 12.8 Å². The summed E-state index contributed by atoms with van der Waals surface area (Å²) >= 11 is 0. The lowest BCUT2D eigenvalue weighted by Crippen LogP contribution is -2.23. The summed E-state index contributed by atoms with van der Waals surface area (Å²) in [7, 11) is 1.87. The summed E-state index contributed by atoms with van der Waals surface area (Å²) < 4.78 is 1.75. The van der Waals surface area contributed by atoms with Gasteiger partial charge in [-0.1, -0.05) is 26.7 Å². The minimum atomic E-state index is 0.221. The van der Waals surface area contributed by atoms with Crippen molar-refractivity contribution in [1.29, 1.82) is 0 Å². The van der Waals surface area contributed by atoms with Gasteiger partial charge in [0, 0.05) is 13.0 Å². The van der Waals surface area contributed by atoms with Gasteiger partial charge in [-0.3, -0.25) is 9.48 Å². The van der Waals surface area contributed by atoms with Crippen LogP contribution < -0.4 is 0 Å². The van der Waals surface area contributed by atoms with Gasteiger partial charge in [-0.2, -0.15) is 5.10 Å². The first-order valence-corrected chi connectivity index (χ1v) is 6.69. The van der Waals surface area contributed by atoms with Gasteiger partial charge in [0.05, 0.1) is 5.69 Å². The largest absolute Gasteiger partial charge is 0.292 e. The van der Waals surface area contributed by atoms with Crippen molar-refractivity contribution >= 4 is 5.78 Å². The van der Waals surface area contributed by atoms with E-state index in [1.54, 1.807) is 4.68 Å². The van der Waals surface area contributed by atoms with Crippen molar-refractivity contribution in [3.63, 3.8) is 0 Å². The fourth-order valence-electron chi connectivity index (χ4n) is 2.81. The van der Waals surface area contributed by atoms with E-state index in [9.17, 15) is 4.79 Å². The monoisotopic (exact) mass is 234 g/mol. The van der Waals surface area contributed by atoms with Gasteiger partial charge >= 0.3 is 0 Å². The van der Waals surface area contributed by atoms with E-state index >= 15 is 0 Å². The molecule has 1 aromatic heterocycles. The summed E-state index contributed by atoms with van der Waals surface area (Å²) in [5.41, 5.74) is 1.81. The third-order valence-electron chi connectivity index (χ3n) is 3.85. The van der Waals surface area contributed by atoms with E-state index in [2.05, 4.69) is 18.9 Å². The van der Waals surface area contributed by atoms with Gasteiger partial charge in [0.2, 0.25) is 0 Å². The maximum absolute atomic E-state index is 12.4. The number of hydrogen-bond donors (Lipinski definition) is 0. The van der Waals surface area contributed by atoms with E-state index in [0.29, 0.717) is 11.7 Å². The summed E-state index contributed by atoms with van der Waals surface area (Å²) in [4.78, 5) is 12.4. The van der Waals surface area contributed by atoms with Crippen molar-refractivity contribution in [1.82, 2.24) is 9.78 Å². The molecule has 1 aliphatic rings.